The number of nitrogens with zero attached hydrogens (tertiary/aromatic N) is 1. The number of furan rings is 1. The molecule has 24 heavy (non-hydrogen) atoms. The lowest BCUT2D eigenvalue weighted by Gasteiger charge is -2.12. The number of nitrogens with one attached hydrogen (secondary N) is 2. The Kier molecular flexibility index (Phi) is 9.94. The topological polar surface area (TPSA) is 79.0 Å². The fourth-order valence-corrected chi connectivity index (χ4v) is 1.99. The van der Waals surface area contributed by atoms with Crippen molar-refractivity contribution in [1.29, 1.82) is 0 Å². The number of hydrogen-bond donors (Lipinski definition) is 3. The number of aromatic hydroxyl groups is 1. The Morgan fingerprint density at radius 2 is 2.04 bits per heavy atom. The Hall–Kier alpha value is -1.74. The average molecular weight is 445 g/mol. The van der Waals surface area contributed by atoms with Gasteiger partial charge in [0.2, 0.25) is 0 Å². The van der Waals surface area contributed by atoms with Gasteiger partial charge < -0.3 is 24.9 Å². The summed E-state index contributed by atoms with van der Waals surface area (Å²) in [5.74, 6) is 1.75. The molecule has 0 saturated heterocycles. The molecule has 0 unspecified atom stereocenters. The average Bonchev–Trinajstić information content (AvgIpc) is 3.08. The van der Waals surface area contributed by atoms with E-state index in [1.165, 1.54) is 0 Å². The highest BCUT2D eigenvalue weighted by molar-refractivity contribution is 14.0. The molecule has 2 rings (SSSR count). The zero-order chi connectivity index (χ0) is 16.3. The smallest absolute Gasteiger partial charge is 0.191 e. The van der Waals surface area contributed by atoms with Gasteiger partial charge in [0.1, 0.15) is 11.5 Å². The molecule has 0 aliphatic carbocycles. The van der Waals surface area contributed by atoms with Crippen LogP contribution in [0, 0.1) is 0 Å². The molecule has 6 nitrogen and oxygen atoms in total. The first-order valence-electron chi connectivity index (χ1n) is 7.60. The molecule has 0 aliphatic heterocycles. The van der Waals surface area contributed by atoms with E-state index in [0.717, 1.165) is 24.3 Å². The van der Waals surface area contributed by atoms with Crippen LogP contribution in [0.25, 0.3) is 0 Å². The number of phenols is 1. The first-order valence-corrected chi connectivity index (χ1v) is 7.60. The van der Waals surface area contributed by atoms with Gasteiger partial charge in [-0.05, 0) is 24.6 Å². The fourth-order valence-electron chi connectivity index (χ4n) is 1.99. The largest absolute Gasteiger partial charge is 0.508 e. The first-order chi connectivity index (χ1) is 11.3. The third-order valence-corrected chi connectivity index (χ3v) is 3.23. The highest BCUT2D eigenvalue weighted by Crippen LogP contribution is 2.16. The molecule has 1 aromatic heterocycles. The monoisotopic (exact) mass is 445 g/mol. The molecule has 2 aromatic rings. The van der Waals surface area contributed by atoms with E-state index in [9.17, 15) is 5.11 Å². The molecule has 0 amide bonds. The van der Waals surface area contributed by atoms with Crippen LogP contribution in [0.15, 0.2) is 52.1 Å². The number of guanidine groups is 1. The number of phenolic OH excluding ortho intramolecular Hbond substituents is 1. The van der Waals surface area contributed by atoms with Crippen molar-refractivity contribution in [3.8, 4) is 5.75 Å². The lowest BCUT2D eigenvalue weighted by molar-refractivity contribution is 0.195. The Morgan fingerprint density at radius 1 is 1.21 bits per heavy atom. The summed E-state index contributed by atoms with van der Waals surface area (Å²) < 4.78 is 10.3. The van der Waals surface area contributed by atoms with Crippen molar-refractivity contribution in [3.63, 3.8) is 0 Å². The highest BCUT2D eigenvalue weighted by Gasteiger charge is 2.03. The van der Waals surface area contributed by atoms with Crippen LogP contribution in [0.1, 0.15) is 17.7 Å². The lowest BCUT2D eigenvalue weighted by atomic mass is 10.2. The van der Waals surface area contributed by atoms with Gasteiger partial charge in [-0.25, -0.2) is 4.99 Å². The number of rotatable bonds is 8. The second-order valence-electron chi connectivity index (χ2n) is 5.00. The molecular formula is C17H24IN3O3. The first kappa shape index (κ1) is 20.3. The number of hydrogen-bond acceptors (Lipinski definition) is 4. The molecular weight excluding hydrogens is 421 g/mol. The highest BCUT2D eigenvalue weighted by atomic mass is 127. The zero-order valence-corrected chi connectivity index (χ0v) is 16.0. The molecule has 0 aliphatic rings. The van der Waals surface area contributed by atoms with E-state index in [1.807, 2.05) is 24.3 Å². The second-order valence-corrected chi connectivity index (χ2v) is 5.00. The van der Waals surface area contributed by atoms with E-state index in [4.69, 9.17) is 9.15 Å². The summed E-state index contributed by atoms with van der Waals surface area (Å²) in [4.78, 5) is 4.50. The standard InChI is InChI=1S/C17H23N3O3.HI/c1-22-10-5-9-18-17(20-13-15-7-4-11-23-15)19-12-14-6-2-3-8-16(14)21;/h2-4,6-8,11,21H,5,9-10,12-13H2,1H3,(H2,18,19,20);1H. The van der Waals surface area contributed by atoms with E-state index < -0.39 is 0 Å². The van der Waals surface area contributed by atoms with Crippen molar-refractivity contribution in [2.75, 3.05) is 20.3 Å². The van der Waals surface area contributed by atoms with Crippen LogP contribution in [0.2, 0.25) is 0 Å². The number of methoxy groups -OCH3 is 1. The number of para-hydroxylation sites is 1. The minimum atomic E-state index is 0. The maximum absolute atomic E-state index is 9.81. The van der Waals surface area contributed by atoms with Crippen molar-refractivity contribution in [2.24, 2.45) is 4.99 Å². The molecule has 0 spiro atoms. The van der Waals surface area contributed by atoms with Crippen LogP contribution in [-0.4, -0.2) is 31.3 Å². The van der Waals surface area contributed by atoms with Crippen LogP contribution >= 0.6 is 24.0 Å². The minimum absolute atomic E-state index is 0. The van der Waals surface area contributed by atoms with E-state index >= 15 is 0 Å². The maximum atomic E-state index is 9.81. The number of aliphatic imine (C=N–C) groups is 1. The van der Waals surface area contributed by atoms with E-state index in [-0.39, 0.29) is 29.7 Å². The lowest BCUT2D eigenvalue weighted by Crippen LogP contribution is -2.37. The van der Waals surface area contributed by atoms with Gasteiger partial charge in [0.15, 0.2) is 5.96 Å². The zero-order valence-electron chi connectivity index (χ0n) is 13.7. The van der Waals surface area contributed by atoms with E-state index in [2.05, 4.69) is 15.6 Å². The van der Waals surface area contributed by atoms with Gasteiger partial charge in [-0.3, -0.25) is 0 Å². The third kappa shape index (κ3) is 7.22. The fraction of sp³-hybridized carbons (Fsp3) is 0.353. The van der Waals surface area contributed by atoms with Gasteiger partial charge in [0, 0.05) is 25.8 Å². The van der Waals surface area contributed by atoms with Crippen molar-refractivity contribution in [1.82, 2.24) is 10.6 Å². The Balaban J connectivity index is 0.00000288. The summed E-state index contributed by atoms with van der Waals surface area (Å²) in [6.07, 6.45) is 2.52. The quantitative estimate of drug-likeness (QED) is 0.252. The summed E-state index contributed by atoms with van der Waals surface area (Å²) in [6.45, 7) is 2.38. The summed E-state index contributed by atoms with van der Waals surface area (Å²) >= 11 is 0. The maximum Gasteiger partial charge on any atom is 0.191 e. The van der Waals surface area contributed by atoms with Crippen LogP contribution < -0.4 is 10.6 Å². The van der Waals surface area contributed by atoms with Gasteiger partial charge in [0.25, 0.3) is 0 Å². The molecule has 1 heterocycles. The van der Waals surface area contributed by atoms with E-state index in [0.29, 0.717) is 25.7 Å². The van der Waals surface area contributed by atoms with Gasteiger partial charge in [-0.1, -0.05) is 18.2 Å². The van der Waals surface area contributed by atoms with Crippen LogP contribution in [0.4, 0.5) is 0 Å². The molecule has 0 saturated carbocycles. The molecule has 0 radical (unpaired) electrons. The summed E-state index contributed by atoms with van der Waals surface area (Å²) in [6, 6.07) is 10.9. The van der Waals surface area contributed by atoms with Crippen molar-refractivity contribution in [2.45, 2.75) is 19.5 Å². The van der Waals surface area contributed by atoms with Crippen LogP contribution in [-0.2, 0) is 17.8 Å². The normalized spacial score (nSPS) is 11.0. The molecule has 0 bridgehead atoms. The molecule has 0 atom stereocenters. The van der Waals surface area contributed by atoms with Crippen molar-refractivity contribution < 1.29 is 14.3 Å². The van der Waals surface area contributed by atoms with Gasteiger partial charge in [0.05, 0.1) is 19.4 Å². The Labute approximate surface area is 159 Å². The number of halogens is 1. The van der Waals surface area contributed by atoms with E-state index in [1.54, 1.807) is 25.5 Å². The minimum Gasteiger partial charge on any atom is -0.508 e. The predicted molar refractivity (Wildman–Crippen MR) is 105 cm³/mol. The Morgan fingerprint density at radius 3 is 2.75 bits per heavy atom. The molecule has 7 heteroatoms. The molecule has 1 aromatic carbocycles. The van der Waals surface area contributed by atoms with Gasteiger partial charge in [-0.15, -0.1) is 24.0 Å². The summed E-state index contributed by atoms with van der Waals surface area (Å²) in [5.41, 5.74) is 0.781. The Bertz CT molecular complexity index is 603. The summed E-state index contributed by atoms with van der Waals surface area (Å²) in [7, 11) is 1.68. The molecule has 132 valence electrons. The molecule has 0 fully saturated rings. The van der Waals surface area contributed by atoms with Gasteiger partial charge in [-0.2, -0.15) is 0 Å². The molecule has 3 N–H and O–H groups in total. The second kappa shape index (κ2) is 11.7. The predicted octanol–water partition coefficient (Wildman–Crippen LogP) is 2.88. The third-order valence-electron chi connectivity index (χ3n) is 3.23. The SMILES string of the molecule is COCCCNC(=NCc1ccccc1O)NCc1ccco1.I. The number of ether oxygens (including phenoxy) is 1. The van der Waals surface area contributed by atoms with Crippen molar-refractivity contribution >= 4 is 29.9 Å². The number of benzene rings is 1. The van der Waals surface area contributed by atoms with Crippen LogP contribution in [0.5, 0.6) is 5.75 Å². The van der Waals surface area contributed by atoms with Crippen LogP contribution in [0.3, 0.4) is 0 Å². The van der Waals surface area contributed by atoms with Crippen molar-refractivity contribution in [3.05, 3.63) is 54.0 Å². The summed E-state index contributed by atoms with van der Waals surface area (Å²) in [5, 5.41) is 16.3. The van der Waals surface area contributed by atoms with Gasteiger partial charge >= 0.3 is 0 Å².